The Balaban J connectivity index is 2.41. The number of nitrogens with zero attached hydrogens (tertiary/aromatic N) is 1. The molecule has 0 saturated heterocycles. The zero-order chi connectivity index (χ0) is 6.81. The van der Waals surface area contributed by atoms with Crippen molar-refractivity contribution in [3.8, 4) is 5.75 Å². The molecule has 0 amide bonds. The molecule has 0 atom stereocenters. The number of rotatable bonds is 0. The summed E-state index contributed by atoms with van der Waals surface area (Å²) < 4.78 is 5.28. The SMILES string of the molecule is [c]1ccc2c(n1)NCCO2. The summed E-state index contributed by atoms with van der Waals surface area (Å²) in [6.07, 6.45) is 2.73. The first-order chi connectivity index (χ1) is 4.97. The monoisotopic (exact) mass is 135 g/mol. The molecule has 10 heavy (non-hydrogen) atoms. The maximum atomic E-state index is 5.28. The van der Waals surface area contributed by atoms with Gasteiger partial charge in [-0.3, -0.25) is 0 Å². The molecule has 1 radical (unpaired) electrons. The highest BCUT2D eigenvalue weighted by molar-refractivity contribution is 5.50. The predicted molar refractivity (Wildman–Crippen MR) is 37.1 cm³/mol. The number of ether oxygens (including phenoxy) is 1. The Hall–Kier alpha value is -1.25. The molecule has 0 aromatic carbocycles. The van der Waals surface area contributed by atoms with Gasteiger partial charge < -0.3 is 10.1 Å². The largest absolute Gasteiger partial charge is 0.488 e. The van der Waals surface area contributed by atoms with Gasteiger partial charge in [0, 0.05) is 0 Å². The lowest BCUT2D eigenvalue weighted by atomic mass is 10.4. The zero-order valence-corrected chi connectivity index (χ0v) is 5.42. The fraction of sp³-hybridized carbons (Fsp3) is 0.286. The standard InChI is InChI=1S/C7H7N2O/c1-2-6-7(8-3-1)9-4-5-10-6/h1-2H,4-5H2,(H,8,9). The number of aromatic nitrogens is 1. The molecule has 2 heterocycles. The van der Waals surface area contributed by atoms with E-state index in [0.29, 0.717) is 0 Å². The summed E-state index contributed by atoms with van der Waals surface area (Å²) >= 11 is 0. The highest BCUT2D eigenvalue weighted by Crippen LogP contribution is 2.22. The second-order valence-corrected chi connectivity index (χ2v) is 2.06. The molecular formula is C7H7N2O. The summed E-state index contributed by atoms with van der Waals surface area (Å²) in [5, 5.41) is 3.10. The van der Waals surface area contributed by atoms with E-state index in [-0.39, 0.29) is 0 Å². The summed E-state index contributed by atoms with van der Waals surface area (Å²) in [5.41, 5.74) is 0. The van der Waals surface area contributed by atoms with E-state index in [0.717, 1.165) is 24.7 Å². The van der Waals surface area contributed by atoms with Gasteiger partial charge in [-0.25, -0.2) is 4.98 Å². The van der Waals surface area contributed by atoms with Crippen LogP contribution >= 0.6 is 0 Å². The molecule has 1 aliphatic heterocycles. The van der Waals surface area contributed by atoms with Gasteiger partial charge in [-0.2, -0.15) is 0 Å². The predicted octanol–water partition coefficient (Wildman–Crippen LogP) is 0.686. The van der Waals surface area contributed by atoms with Crippen LogP contribution in [0.3, 0.4) is 0 Å². The van der Waals surface area contributed by atoms with Crippen molar-refractivity contribution in [2.45, 2.75) is 0 Å². The van der Waals surface area contributed by atoms with Crippen LogP contribution in [-0.2, 0) is 0 Å². The minimum atomic E-state index is 0.721. The average molecular weight is 135 g/mol. The van der Waals surface area contributed by atoms with Gasteiger partial charge in [0.2, 0.25) is 0 Å². The van der Waals surface area contributed by atoms with Crippen LogP contribution < -0.4 is 10.1 Å². The molecule has 3 heteroatoms. The van der Waals surface area contributed by atoms with E-state index in [1.165, 1.54) is 0 Å². The maximum absolute atomic E-state index is 5.28. The van der Waals surface area contributed by atoms with E-state index in [9.17, 15) is 0 Å². The van der Waals surface area contributed by atoms with Gasteiger partial charge in [-0.15, -0.1) is 0 Å². The van der Waals surface area contributed by atoms with E-state index in [4.69, 9.17) is 4.74 Å². The Labute approximate surface area is 59.0 Å². The van der Waals surface area contributed by atoms with Crippen molar-refractivity contribution in [1.82, 2.24) is 4.98 Å². The number of hydrogen-bond acceptors (Lipinski definition) is 3. The second-order valence-electron chi connectivity index (χ2n) is 2.06. The van der Waals surface area contributed by atoms with E-state index < -0.39 is 0 Å². The summed E-state index contributed by atoms with van der Waals surface area (Å²) in [6.45, 7) is 1.55. The van der Waals surface area contributed by atoms with Crippen molar-refractivity contribution in [1.29, 1.82) is 0 Å². The molecule has 1 aromatic heterocycles. The van der Waals surface area contributed by atoms with Crippen LogP contribution in [0.2, 0.25) is 0 Å². The molecule has 0 bridgehead atoms. The van der Waals surface area contributed by atoms with Gasteiger partial charge in [0.05, 0.1) is 12.7 Å². The first-order valence-electron chi connectivity index (χ1n) is 3.20. The van der Waals surface area contributed by atoms with Crippen LogP contribution in [0, 0.1) is 6.20 Å². The van der Waals surface area contributed by atoms with Crippen LogP contribution in [0.4, 0.5) is 5.82 Å². The van der Waals surface area contributed by atoms with Gasteiger partial charge in [0.1, 0.15) is 6.61 Å². The van der Waals surface area contributed by atoms with Crippen molar-refractivity contribution in [2.24, 2.45) is 0 Å². The van der Waals surface area contributed by atoms with Crippen LogP contribution in [-0.4, -0.2) is 18.1 Å². The number of fused-ring (bicyclic) bond motifs is 1. The minimum Gasteiger partial charge on any atom is -0.488 e. The van der Waals surface area contributed by atoms with Crippen LogP contribution in [0.25, 0.3) is 0 Å². The number of hydrogen-bond donors (Lipinski definition) is 1. The molecule has 0 spiro atoms. The lowest BCUT2D eigenvalue weighted by Gasteiger charge is -2.16. The van der Waals surface area contributed by atoms with E-state index >= 15 is 0 Å². The van der Waals surface area contributed by atoms with Crippen LogP contribution in [0.5, 0.6) is 5.75 Å². The highest BCUT2D eigenvalue weighted by atomic mass is 16.5. The summed E-state index contributed by atoms with van der Waals surface area (Å²) in [4.78, 5) is 3.96. The molecule has 3 nitrogen and oxygen atoms in total. The molecule has 1 aliphatic rings. The number of pyridine rings is 1. The van der Waals surface area contributed by atoms with Gasteiger partial charge in [-0.05, 0) is 12.1 Å². The topological polar surface area (TPSA) is 34.2 Å². The molecule has 0 saturated carbocycles. The molecular weight excluding hydrogens is 128 g/mol. The van der Waals surface area contributed by atoms with E-state index in [1.54, 1.807) is 6.07 Å². The van der Waals surface area contributed by atoms with Crippen LogP contribution in [0.15, 0.2) is 12.1 Å². The van der Waals surface area contributed by atoms with Crippen LogP contribution in [0.1, 0.15) is 0 Å². The second kappa shape index (κ2) is 2.17. The van der Waals surface area contributed by atoms with Gasteiger partial charge in [0.15, 0.2) is 11.6 Å². The van der Waals surface area contributed by atoms with Gasteiger partial charge in [-0.1, -0.05) is 0 Å². The molecule has 51 valence electrons. The third kappa shape index (κ3) is 0.795. The molecule has 2 rings (SSSR count). The fourth-order valence-corrected chi connectivity index (χ4v) is 0.922. The zero-order valence-electron chi connectivity index (χ0n) is 5.42. The van der Waals surface area contributed by atoms with Crippen molar-refractivity contribution >= 4 is 5.82 Å². The normalized spacial score (nSPS) is 14.8. The van der Waals surface area contributed by atoms with Gasteiger partial charge >= 0.3 is 0 Å². The summed E-state index contributed by atoms with van der Waals surface area (Å²) in [7, 11) is 0. The Morgan fingerprint density at radius 1 is 1.70 bits per heavy atom. The molecule has 0 fully saturated rings. The Morgan fingerprint density at radius 2 is 2.70 bits per heavy atom. The molecule has 1 aromatic rings. The quantitative estimate of drug-likeness (QED) is 0.568. The Morgan fingerprint density at radius 3 is 3.60 bits per heavy atom. The van der Waals surface area contributed by atoms with E-state index in [2.05, 4.69) is 16.5 Å². The van der Waals surface area contributed by atoms with Crippen molar-refractivity contribution < 1.29 is 4.74 Å². The highest BCUT2D eigenvalue weighted by Gasteiger charge is 2.07. The van der Waals surface area contributed by atoms with Crippen molar-refractivity contribution in [3.63, 3.8) is 0 Å². The van der Waals surface area contributed by atoms with Gasteiger partial charge in [0.25, 0.3) is 0 Å². The lowest BCUT2D eigenvalue weighted by molar-refractivity contribution is 0.321. The number of anilines is 1. The van der Waals surface area contributed by atoms with Crippen molar-refractivity contribution in [3.05, 3.63) is 18.3 Å². The van der Waals surface area contributed by atoms with Crippen molar-refractivity contribution in [2.75, 3.05) is 18.5 Å². The third-order valence-electron chi connectivity index (χ3n) is 1.37. The summed E-state index contributed by atoms with van der Waals surface area (Å²) in [6, 6.07) is 3.60. The molecule has 0 aliphatic carbocycles. The maximum Gasteiger partial charge on any atom is 0.169 e. The number of nitrogens with one attached hydrogen (secondary N) is 1. The lowest BCUT2D eigenvalue weighted by Crippen LogP contribution is -2.18. The molecule has 1 N–H and O–H groups in total. The minimum absolute atomic E-state index is 0.721. The first kappa shape index (κ1) is 5.53. The Kier molecular flexibility index (Phi) is 1.20. The first-order valence-corrected chi connectivity index (χ1v) is 3.20. The Bertz CT molecular complexity index is 212. The molecule has 0 unspecified atom stereocenters. The summed E-state index contributed by atoms with van der Waals surface area (Å²) in [5.74, 6) is 1.62. The third-order valence-corrected chi connectivity index (χ3v) is 1.37. The fourth-order valence-electron chi connectivity index (χ4n) is 0.922. The average Bonchev–Trinajstić information content (AvgIpc) is 2.05. The van der Waals surface area contributed by atoms with E-state index in [1.807, 2.05) is 6.07 Å². The smallest absolute Gasteiger partial charge is 0.169 e.